The van der Waals surface area contributed by atoms with Gasteiger partial charge in [0.25, 0.3) is 0 Å². The average Bonchev–Trinajstić information content (AvgIpc) is 2.65. The van der Waals surface area contributed by atoms with Crippen LogP contribution in [0.3, 0.4) is 0 Å². The van der Waals surface area contributed by atoms with Crippen molar-refractivity contribution in [2.45, 2.75) is 12.8 Å². The minimum absolute atomic E-state index is 0.660. The molecule has 0 saturated carbocycles. The van der Waals surface area contributed by atoms with Gasteiger partial charge in [-0.05, 0) is 48.2 Å². The van der Waals surface area contributed by atoms with Crippen molar-refractivity contribution in [2.24, 2.45) is 9.98 Å². The van der Waals surface area contributed by atoms with Crippen LogP contribution < -0.4 is 0 Å². The number of nitriles is 2. The molecule has 0 radical (unpaired) electrons. The molecule has 2 aromatic carbocycles. The number of aliphatic imine (C=N–C) groups is 2. The number of rotatable bonds is 7. The molecule has 0 spiro atoms. The lowest BCUT2D eigenvalue weighted by molar-refractivity contribution is 0.760. The molecule has 0 unspecified atom stereocenters. The molecule has 0 atom stereocenters. The van der Waals surface area contributed by atoms with Gasteiger partial charge in [-0.2, -0.15) is 10.5 Å². The first-order chi connectivity index (χ1) is 11.8. The molecular weight excluding hydrogens is 296 g/mol. The number of nitrogens with zero attached hydrogens (tertiary/aromatic N) is 4. The Balaban J connectivity index is 1.63. The van der Waals surface area contributed by atoms with Crippen LogP contribution in [0.15, 0.2) is 58.5 Å². The van der Waals surface area contributed by atoms with Crippen molar-refractivity contribution in [3.8, 4) is 12.1 Å². The van der Waals surface area contributed by atoms with Crippen LogP contribution in [0.5, 0.6) is 0 Å². The lowest BCUT2D eigenvalue weighted by atomic mass is 10.2. The zero-order chi connectivity index (χ0) is 17.0. The summed E-state index contributed by atoms with van der Waals surface area (Å²) in [5.41, 5.74) is 3.33. The molecule has 4 heteroatoms. The summed E-state index contributed by atoms with van der Waals surface area (Å²) in [5, 5.41) is 17.5. The summed E-state index contributed by atoms with van der Waals surface area (Å²) in [6.07, 6.45) is 5.64. The van der Waals surface area contributed by atoms with Crippen molar-refractivity contribution < 1.29 is 0 Å². The van der Waals surface area contributed by atoms with Crippen molar-refractivity contribution in [1.82, 2.24) is 0 Å². The van der Waals surface area contributed by atoms with Gasteiger partial charge in [0.15, 0.2) is 0 Å². The Hall–Kier alpha value is -3.24. The van der Waals surface area contributed by atoms with E-state index in [-0.39, 0.29) is 0 Å². The summed E-state index contributed by atoms with van der Waals surface area (Å²) in [4.78, 5) is 8.76. The average molecular weight is 314 g/mol. The molecule has 0 saturated heterocycles. The first-order valence-corrected chi connectivity index (χ1v) is 7.82. The third kappa shape index (κ3) is 5.87. The van der Waals surface area contributed by atoms with Crippen molar-refractivity contribution in [1.29, 1.82) is 10.5 Å². The fourth-order valence-corrected chi connectivity index (χ4v) is 2.03. The van der Waals surface area contributed by atoms with E-state index in [0.29, 0.717) is 11.1 Å². The Labute approximate surface area is 142 Å². The highest BCUT2D eigenvalue weighted by Crippen LogP contribution is 2.02. The maximum atomic E-state index is 8.73. The van der Waals surface area contributed by atoms with Crippen molar-refractivity contribution in [2.75, 3.05) is 13.1 Å². The molecule has 0 aliphatic heterocycles. The molecule has 2 aromatic rings. The van der Waals surface area contributed by atoms with Gasteiger partial charge in [0.2, 0.25) is 0 Å². The first-order valence-electron chi connectivity index (χ1n) is 7.82. The van der Waals surface area contributed by atoms with E-state index in [0.717, 1.165) is 37.1 Å². The third-order valence-corrected chi connectivity index (χ3v) is 3.38. The summed E-state index contributed by atoms with van der Waals surface area (Å²) in [6, 6.07) is 18.9. The van der Waals surface area contributed by atoms with Gasteiger partial charge in [-0.15, -0.1) is 0 Å². The SMILES string of the molecule is N#Cc1ccc(C=NCCCCN=Cc2ccc(C#N)cc2)cc1. The number of hydrogen-bond acceptors (Lipinski definition) is 4. The van der Waals surface area contributed by atoms with Crippen molar-refractivity contribution in [3.63, 3.8) is 0 Å². The van der Waals surface area contributed by atoms with E-state index < -0.39 is 0 Å². The summed E-state index contributed by atoms with van der Waals surface area (Å²) < 4.78 is 0. The van der Waals surface area contributed by atoms with Crippen molar-refractivity contribution in [3.05, 3.63) is 70.8 Å². The second-order valence-electron chi connectivity index (χ2n) is 5.25. The molecule has 0 aliphatic rings. The molecule has 0 aromatic heterocycles. The van der Waals surface area contributed by atoms with E-state index in [1.165, 1.54) is 0 Å². The molecule has 0 N–H and O–H groups in total. The fourth-order valence-electron chi connectivity index (χ4n) is 2.03. The molecular formula is C20H18N4. The molecule has 0 amide bonds. The lowest BCUT2D eigenvalue weighted by Crippen LogP contribution is -1.89. The monoisotopic (exact) mass is 314 g/mol. The topological polar surface area (TPSA) is 72.3 Å². The van der Waals surface area contributed by atoms with Gasteiger partial charge in [0, 0.05) is 25.5 Å². The zero-order valence-corrected chi connectivity index (χ0v) is 13.4. The predicted octanol–water partition coefficient (Wildman–Crippen LogP) is 3.75. The maximum Gasteiger partial charge on any atom is 0.0991 e. The summed E-state index contributed by atoms with van der Waals surface area (Å²) in [7, 11) is 0. The van der Waals surface area contributed by atoms with Crippen LogP contribution in [0.1, 0.15) is 35.1 Å². The standard InChI is InChI=1S/C20H18N4/c21-13-17-3-7-19(8-4-17)15-23-11-1-2-12-24-16-20-9-5-18(14-22)6-10-20/h3-10,15-16H,1-2,11-12H2. The Morgan fingerprint density at radius 3 is 1.38 bits per heavy atom. The summed E-state index contributed by atoms with van der Waals surface area (Å²) in [6.45, 7) is 1.54. The van der Waals surface area contributed by atoms with Gasteiger partial charge in [0.1, 0.15) is 0 Å². The quantitative estimate of drug-likeness (QED) is 0.576. The van der Waals surface area contributed by atoms with Gasteiger partial charge in [-0.1, -0.05) is 24.3 Å². The van der Waals surface area contributed by atoms with E-state index in [9.17, 15) is 0 Å². The van der Waals surface area contributed by atoms with E-state index >= 15 is 0 Å². The van der Waals surface area contributed by atoms with Crippen LogP contribution >= 0.6 is 0 Å². The Bertz CT molecular complexity index is 703. The number of hydrogen-bond donors (Lipinski definition) is 0. The van der Waals surface area contributed by atoms with Crippen LogP contribution in [0, 0.1) is 22.7 Å². The summed E-state index contributed by atoms with van der Waals surface area (Å²) in [5.74, 6) is 0. The van der Waals surface area contributed by atoms with Crippen LogP contribution in [0.4, 0.5) is 0 Å². The van der Waals surface area contributed by atoms with Gasteiger partial charge in [-0.25, -0.2) is 0 Å². The molecule has 24 heavy (non-hydrogen) atoms. The van der Waals surface area contributed by atoms with E-state index in [4.69, 9.17) is 10.5 Å². The van der Waals surface area contributed by atoms with Gasteiger partial charge < -0.3 is 0 Å². The minimum Gasteiger partial charge on any atom is -0.293 e. The Morgan fingerprint density at radius 2 is 1.04 bits per heavy atom. The van der Waals surface area contributed by atoms with Crippen LogP contribution in [0.25, 0.3) is 0 Å². The van der Waals surface area contributed by atoms with Gasteiger partial charge in [-0.3, -0.25) is 9.98 Å². The molecule has 4 nitrogen and oxygen atoms in total. The van der Waals surface area contributed by atoms with Crippen molar-refractivity contribution >= 4 is 12.4 Å². The second-order valence-corrected chi connectivity index (χ2v) is 5.25. The second kappa shape index (κ2) is 9.71. The van der Waals surface area contributed by atoms with E-state index in [1.54, 1.807) is 24.3 Å². The normalized spacial score (nSPS) is 10.8. The van der Waals surface area contributed by atoms with E-state index in [1.807, 2.05) is 36.7 Å². The molecule has 0 aliphatic carbocycles. The Kier molecular flexibility index (Phi) is 6.93. The third-order valence-electron chi connectivity index (χ3n) is 3.38. The largest absolute Gasteiger partial charge is 0.293 e. The Morgan fingerprint density at radius 1 is 0.667 bits per heavy atom. The summed E-state index contributed by atoms with van der Waals surface area (Å²) >= 11 is 0. The van der Waals surface area contributed by atoms with Gasteiger partial charge in [0.05, 0.1) is 23.3 Å². The van der Waals surface area contributed by atoms with Crippen LogP contribution in [-0.2, 0) is 0 Å². The predicted molar refractivity (Wildman–Crippen MR) is 96.5 cm³/mol. The molecule has 118 valence electrons. The zero-order valence-electron chi connectivity index (χ0n) is 13.4. The number of unbranched alkanes of at least 4 members (excludes halogenated alkanes) is 1. The fraction of sp³-hybridized carbons (Fsp3) is 0.200. The van der Waals surface area contributed by atoms with Crippen LogP contribution in [-0.4, -0.2) is 25.5 Å². The van der Waals surface area contributed by atoms with Crippen LogP contribution in [0.2, 0.25) is 0 Å². The smallest absolute Gasteiger partial charge is 0.0991 e. The van der Waals surface area contributed by atoms with E-state index in [2.05, 4.69) is 22.1 Å². The lowest BCUT2D eigenvalue weighted by Gasteiger charge is -1.96. The van der Waals surface area contributed by atoms with Gasteiger partial charge >= 0.3 is 0 Å². The molecule has 0 bridgehead atoms. The minimum atomic E-state index is 0.660. The molecule has 0 heterocycles. The number of benzene rings is 2. The highest BCUT2D eigenvalue weighted by Gasteiger charge is 1.91. The molecule has 0 fully saturated rings. The first kappa shape index (κ1) is 17.1. The molecule has 2 rings (SSSR count). The highest BCUT2D eigenvalue weighted by atomic mass is 14.7. The highest BCUT2D eigenvalue weighted by molar-refractivity contribution is 5.80. The maximum absolute atomic E-state index is 8.73.